The van der Waals surface area contributed by atoms with Crippen molar-refractivity contribution in [3.05, 3.63) is 65.2 Å². The van der Waals surface area contributed by atoms with E-state index in [0.717, 1.165) is 39.9 Å². The molecule has 2 aromatic rings. The first kappa shape index (κ1) is 24.7. The van der Waals surface area contributed by atoms with Gasteiger partial charge in [0.05, 0.1) is 23.5 Å². The van der Waals surface area contributed by atoms with Crippen LogP contribution in [0, 0.1) is 6.92 Å². The minimum absolute atomic E-state index is 0.0490. The number of aryl methyl sites for hydroxylation is 1. The molecule has 0 aliphatic carbocycles. The van der Waals surface area contributed by atoms with Crippen molar-refractivity contribution in [3.8, 4) is 0 Å². The fourth-order valence-corrected chi connectivity index (χ4v) is 4.15. The van der Waals surface area contributed by atoms with Crippen LogP contribution >= 0.6 is 0 Å². The lowest BCUT2D eigenvalue weighted by molar-refractivity contribution is -0.137. The van der Waals surface area contributed by atoms with Crippen molar-refractivity contribution < 1.29 is 26.4 Å². The molecule has 2 rings (SSSR count). The molecule has 0 spiro atoms. The summed E-state index contributed by atoms with van der Waals surface area (Å²) in [6, 6.07) is 11.8. The quantitative estimate of drug-likeness (QED) is 0.588. The summed E-state index contributed by atoms with van der Waals surface area (Å²) in [4.78, 5) is 12.4. The number of sulfonamides is 1. The number of benzene rings is 2. The Hall–Kier alpha value is -2.55. The highest BCUT2D eigenvalue weighted by Gasteiger charge is 2.31. The SMILES string of the molecule is CCC(NC(=O)CCCN(c1cccc(C(F)(F)F)c1)S(C)(=O)=O)c1ccc(C)cc1. The Labute approximate surface area is 181 Å². The average Bonchev–Trinajstić information content (AvgIpc) is 2.68. The fraction of sp³-hybridized carbons (Fsp3) is 0.409. The number of hydrogen-bond acceptors (Lipinski definition) is 3. The maximum Gasteiger partial charge on any atom is 0.416 e. The zero-order chi connectivity index (χ0) is 23.2. The standard InChI is InChI=1S/C22H27F3N2O3S/c1-4-20(17-12-10-16(2)11-13-17)26-21(28)9-6-14-27(31(3,29)30)19-8-5-7-18(15-19)22(23,24)25/h5,7-8,10-13,15,20H,4,6,9,14H2,1-3H3,(H,26,28). The van der Waals surface area contributed by atoms with Crippen molar-refractivity contribution in [3.63, 3.8) is 0 Å². The Morgan fingerprint density at radius 2 is 1.77 bits per heavy atom. The Morgan fingerprint density at radius 3 is 2.32 bits per heavy atom. The van der Waals surface area contributed by atoms with E-state index < -0.39 is 21.8 Å². The molecule has 0 radical (unpaired) electrons. The summed E-state index contributed by atoms with van der Waals surface area (Å²) in [6.45, 7) is 3.82. The van der Waals surface area contributed by atoms with Crippen LogP contribution in [-0.2, 0) is 21.0 Å². The first-order valence-corrected chi connectivity index (χ1v) is 11.8. The average molecular weight is 457 g/mol. The van der Waals surface area contributed by atoms with Crippen LogP contribution in [0.2, 0.25) is 0 Å². The van der Waals surface area contributed by atoms with Gasteiger partial charge < -0.3 is 5.32 Å². The third-order valence-electron chi connectivity index (χ3n) is 4.85. The summed E-state index contributed by atoms with van der Waals surface area (Å²) in [5.74, 6) is -0.245. The Balaban J connectivity index is 2.03. The molecular formula is C22H27F3N2O3S. The highest BCUT2D eigenvalue weighted by molar-refractivity contribution is 7.92. The number of hydrogen-bond donors (Lipinski definition) is 1. The molecular weight excluding hydrogens is 429 g/mol. The van der Waals surface area contributed by atoms with Crippen LogP contribution in [0.25, 0.3) is 0 Å². The van der Waals surface area contributed by atoms with Crippen molar-refractivity contribution in [1.82, 2.24) is 5.32 Å². The fourth-order valence-electron chi connectivity index (χ4n) is 3.19. The Bertz CT molecular complexity index is 990. The second kappa shape index (κ2) is 10.2. The van der Waals surface area contributed by atoms with Crippen LogP contribution in [0.4, 0.5) is 18.9 Å². The lowest BCUT2D eigenvalue weighted by Crippen LogP contribution is -2.33. The summed E-state index contributed by atoms with van der Waals surface area (Å²) in [5.41, 5.74) is 1.08. The van der Waals surface area contributed by atoms with Gasteiger partial charge in [0.1, 0.15) is 0 Å². The molecule has 0 fully saturated rings. The summed E-state index contributed by atoms with van der Waals surface area (Å²) < 4.78 is 64.1. The van der Waals surface area contributed by atoms with Crippen molar-refractivity contribution in [1.29, 1.82) is 0 Å². The third-order valence-corrected chi connectivity index (χ3v) is 6.04. The number of carbonyl (C=O) groups excluding carboxylic acids is 1. The molecule has 0 heterocycles. The normalized spacial score (nSPS) is 13.0. The molecule has 1 unspecified atom stereocenters. The minimum atomic E-state index is -4.58. The van der Waals surface area contributed by atoms with Crippen LogP contribution in [0.5, 0.6) is 0 Å². The summed E-state index contributed by atoms with van der Waals surface area (Å²) in [7, 11) is -3.82. The minimum Gasteiger partial charge on any atom is -0.349 e. The van der Waals surface area contributed by atoms with E-state index in [1.807, 2.05) is 38.1 Å². The van der Waals surface area contributed by atoms with Gasteiger partial charge in [-0.1, -0.05) is 42.8 Å². The molecule has 0 aromatic heterocycles. The van der Waals surface area contributed by atoms with E-state index in [1.165, 1.54) is 6.07 Å². The number of rotatable bonds is 9. The van der Waals surface area contributed by atoms with Crippen molar-refractivity contribution in [2.75, 3.05) is 17.1 Å². The van der Waals surface area contributed by atoms with Gasteiger partial charge >= 0.3 is 6.18 Å². The Kier molecular flexibility index (Phi) is 8.11. The summed E-state index contributed by atoms with van der Waals surface area (Å²) in [5, 5.41) is 2.93. The van der Waals surface area contributed by atoms with Gasteiger partial charge in [-0.15, -0.1) is 0 Å². The van der Waals surface area contributed by atoms with Crippen LogP contribution < -0.4 is 9.62 Å². The number of halogens is 3. The second-order valence-electron chi connectivity index (χ2n) is 7.43. The topological polar surface area (TPSA) is 66.5 Å². The Morgan fingerprint density at radius 1 is 1.13 bits per heavy atom. The number of anilines is 1. The van der Waals surface area contributed by atoms with E-state index in [0.29, 0.717) is 6.42 Å². The number of nitrogens with one attached hydrogen (secondary N) is 1. The van der Waals surface area contributed by atoms with Crippen LogP contribution in [-0.4, -0.2) is 27.1 Å². The molecule has 5 nitrogen and oxygen atoms in total. The van der Waals surface area contributed by atoms with E-state index in [4.69, 9.17) is 0 Å². The molecule has 1 N–H and O–H groups in total. The number of nitrogens with zero attached hydrogens (tertiary/aromatic N) is 1. The molecule has 0 saturated carbocycles. The van der Waals surface area contributed by atoms with Crippen LogP contribution in [0.1, 0.15) is 48.9 Å². The lowest BCUT2D eigenvalue weighted by atomic mass is 10.0. The van der Waals surface area contributed by atoms with E-state index >= 15 is 0 Å². The summed E-state index contributed by atoms with van der Waals surface area (Å²) in [6.07, 6.45) is -2.75. The molecule has 0 bridgehead atoms. The van der Waals surface area contributed by atoms with E-state index in [1.54, 1.807) is 0 Å². The summed E-state index contributed by atoms with van der Waals surface area (Å²) >= 11 is 0. The van der Waals surface area contributed by atoms with E-state index in [9.17, 15) is 26.4 Å². The van der Waals surface area contributed by atoms with Gasteiger partial charge in [0.25, 0.3) is 0 Å². The van der Waals surface area contributed by atoms with Crippen LogP contribution in [0.3, 0.4) is 0 Å². The van der Waals surface area contributed by atoms with Gasteiger partial charge in [0.2, 0.25) is 15.9 Å². The monoisotopic (exact) mass is 456 g/mol. The van der Waals surface area contributed by atoms with Gasteiger partial charge in [-0.2, -0.15) is 13.2 Å². The molecule has 0 aliphatic heterocycles. The maximum atomic E-state index is 13.0. The number of amides is 1. The molecule has 1 amide bonds. The third kappa shape index (κ3) is 7.27. The van der Waals surface area contributed by atoms with Gasteiger partial charge in [0.15, 0.2) is 0 Å². The predicted octanol–water partition coefficient (Wildman–Crippen LogP) is 4.83. The highest BCUT2D eigenvalue weighted by atomic mass is 32.2. The molecule has 170 valence electrons. The first-order valence-electron chi connectivity index (χ1n) is 9.92. The van der Waals surface area contributed by atoms with E-state index in [2.05, 4.69) is 5.32 Å². The largest absolute Gasteiger partial charge is 0.416 e. The molecule has 31 heavy (non-hydrogen) atoms. The smallest absolute Gasteiger partial charge is 0.349 e. The molecule has 9 heteroatoms. The zero-order valence-electron chi connectivity index (χ0n) is 17.7. The highest BCUT2D eigenvalue weighted by Crippen LogP contribution is 2.32. The maximum absolute atomic E-state index is 13.0. The number of carbonyl (C=O) groups is 1. The first-order chi connectivity index (χ1) is 14.4. The van der Waals surface area contributed by atoms with Gasteiger partial charge in [-0.25, -0.2) is 8.42 Å². The zero-order valence-corrected chi connectivity index (χ0v) is 18.6. The molecule has 0 saturated heterocycles. The van der Waals surface area contributed by atoms with Gasteiger partial charge in [-0.05, 0) is 43.5 Å². The molecule has 2 aromatic carbocycles. The predicted molar refractivity (Wildman–Crippen MR) is 115 cm³/mol. The van der Waals surface area contributed by atoms with Gasteiger partial charge in [-0.3, -0.25) is 9.10 Å². The van der Waals surface area contributed by atoms with Crippen LogP contribution in [0.15, 0.2) is 48.5 Å². The van der Waals surface area contributed by atoms with E-state index in [-0.39, 0.29) is 37.0 Å². The lowest BCUT2D eigenvalue weighted by Gasteiger charge is -2.23. The molecule has 0 aliphatic rings. The second-order valence-corrected chi connectivity index (χ2v) is 9.33. The van der Waals surface area contributed by atoms with Crippen molar-refractivity contribution in [2.24, 2.45) is 0 Å². The molecule has 1 atom stereocenters. The van der Waals surface area contributed by atoms with Crippen molar-refractivity contribution in [2.45, 2.75) is 45.3 Å². The number of alkyl halides is 3. The van der Waals surface area contributed by atoms with Gasteiger partial charge in [0, 0.05) is 13.0 Å². The van der Waals surface area contributed by atoms with Crippen molar-refractivity contribution >= 4 is 21.6 Å².